The molecule has 0 amide bonds. The Kier molecular flexibility index (Phi) is 6.22. The maximum absolute atomic E-state index is 5.28. The van der Waals surface area contributed by atoms with E-state index in [0.717, 1.165) is 13.2 Å². The second-order valence-corrected chi connectivity index (χ2v) is 4.40. The predicted molar refractivity (Wildman–Crippen MR) is 64.2 cm³/mol. The highest BCUT2D eigenvalue weighted by atomic mass is 16.5. The number of nitrogens with one attached hydrogen (secondary N) is 1. The topological polar surface area (TPSA) is 24.5 Å². The van der Waals surface area contributed by atoms with E-state index in [-0.39, 0.29) is 0 Å². The van der Waals surface area contributed by atoms with E-state index in [4.69, 9.17) is 4.74 Å². The van der Waals surface area contributed by atoms with Crippen LogP contribution in [-0.4, -0.2) is 50.3 Å². The van der Waals surface area contributed by atoms with Crippen LogP contribution in [-0.2, 0) is 4.74 Å². The van der Waals surface area contributed by atoms with Crippen LogP contribution in [0.2, 0.25) is 0 Å². The van der Waals surface area contributed by atoms with E-state index >= 15 is 0 Å². The molecule has 0 aliphatic carbocycles. The van der Waals surface area contributed by atoms with E-state index in [1.54, 1.807) is 7.11 Å². The molecule has 1 aliphatic rings. The zero-order chi connectivity index (χ0) is 11.1. The third-order valence-corrected chi connectivity index (χ3v) is 3.37. The first kappa shape index (κ1) is 12.9. The molecule has 1 heterocycles. The van der Waals surface area contributed by atoms with Crippen molar-refractivity contribution in [3.8, 4) is 0 Å². The van der Waals surface area contributed by atoms with Crippen LogP contribution >= 0.6 is 0 Å². The van der Waals surface area contributed by atoms with Crippen LogP contribution in [0.3, 0.4) is 0 Å². The van der Waals surface area contributed by atoms with Gasteiger partial charge in [0.05, 0.1) is 6.61 Å². The van der Waals surface area contributed by atoms with Crippen molar-refractivity contribution in [2.75, 3.05) is 33.4 Å². The van der Waals surface area contributed by atoms with Gasteiger partial charge in [-0.15, -0.1) is 0 Å². The molecule has 3 nitrogen and oxygen atoms in total. The van der Waals surface area contributed by atoms with Gasteiger partial charge in [-0.05, 0) is 32.4 Å². The lowest BCUT2D eigenvalue weighted by Crippen LogP contribution is -2.44. The first-order valence-corrected chi connectivity index (χ1v) is 6.28. The maximum atomic E-state index is 5.28. The Labute approximate surface area is 94.2 Å². The van der Waals surface area contributed by atoms with E-state index in [0.29, 0.717) is 12.1 Å². The van der Waals surface area contributed by atoms with Crippen molar-refractivity contribution >= 4 is 0 Å². The number of hydrogen-bond donors (Lipinski definition) is 1. The van der Waals surface area contributed by atoms with Crippen LogP contribution in [0.4, 0.5) is 0 Å². The second-order valence-electron chi connectivity index (χ2n) is 4.40. The Hall–Kier alpha value is -0.120. The Bertz CT molecular complexity index is 158. The van der Waals surface area contributed by atoms with E-state index in [9.17, 15) is 0 Å². The first-order valence-electron chi connectivity index (χ1n) is 6.28. The third-order valence-electron chi connectivity index (χ3n) is 3.37. The van der Waals surface area contributed by atoms with Gasteiger partial charge in [-0.1, -0.05) is 13.8 Å². The van der Waals surface area contributed by atoms with Crippen molar-refractivity contribution in [2.24, 2.45) is 0 Å². The monoisotopic (exact) mass is 214 g/mol. The van der Waals surface area contributed by atoms with Gasteiger partial charge >= 0.3 is 0 Å². The average Bonchev–Trinajstić information content (AvgIpc) is 2.75. The number of hydrogen-bond acceptors (Lipinski definition) is 3. The summed E-state index contributed by atoms with van der Waals surface area (Å²) in [5.41, 5.74) is 0. The van der Waals surface area contributed by atoms with Crippen molar-refractivity contribution < 1.29 is 4.74 Å². The Morgan fingerprint density at radius 3 is 2.73 bits per heavy atom. The number of nitrogens with zero attached hydrogens (tertiary/aromatic N) is 1. The minimum absolute atomic E-state index is 0.586. The van der Waals surface area contributed by atoms with Gasteiger partial charge in [0.2, 0.25) is 0 Å². The molecule has 0 aromatic heterocycles. The van der Waals surface area contributed by atoms with Crippen LogP contribution in [0.1, 0.15) is 33.1 Å². The van der Waals surface area contributed by atoms with Gasteiger partial charge in [0, 0.05) is 25.7 Å². The van der Waals surface area contributed by atoms with E-state index in [2.05, 4.69) is 24.1 Å². The number of rotatable bonds is 7. The largest absolute Gasteiger partial charge is 0.383 e. The summed E-state index contributed by atoms with van der Waals surface area (Å²) in [4.78, 5) is 2.55. The minimum atomic E-state index is 0.586. The van der Waals surface area contributed by atoms with Gasteiger partial charge in [-0.25, -0.2) is 0 Å². The van der Waals surface area contributed by atoms with E-state index in [1.807, 2.05) is 0 Å². The van der Waals surface area contributed by atoms with Crippen LogP contribution in [0.5, 0.6) is 0 Å². The van der Waals surface area contributed by atoms with Crippen molar-refractivity contribution in [2.45, 2.75) is 45.2 Å². The standard InChI is InChI=1S/C12H26N2O/c1-4-12(10-15-3)14(5-2)9-11-7-6-8-13-11/h11-13H,4-10H2,1-3H3. The highest BCUT2D eigenvalue weighted by Crippen LogP contribution is 2.11. The number of likely N-dealkylation sites (N-methyl/N-ethyl adjacent to an activating group) is 1. The fourth-order valence-electron chi connectivity index (χ4n) is 2.41. The summed E-state index contributed by atoms with van der Waals surface area (Å²) >= 11 is 0. The zero-order valence-electron chi connectivity index (χ0n) is 10.5. The molecule has 15 heavy (non-hydrogen) atoms. The summed E-state index contributed by atoms with van der Waals surface area (Å²) in [6, 6.07) is 1.29. The number of methoxy groups -OCH3 is 1. The van der Waals surface area contributed by atoms with Gasteiger partial charge in [0.1, 0.15) is 0 Å². The molecule has 1 N–H and O–H groups in total. The molecule has 0 radical (unpaired) electrons. The average molecular weight is 214 g/mol. The first-order chi connectivity index (χ1) is 7.31. The Morgan fingerprint density at radius 2 is 2.27 bits per heavy atom. The molecule has 1 aliphatic heterocycles. The quantitative estimate of drug-likeness (QED) is 0.695. The molecule has 0 aromatic rings. The van der Waals surface area contributed by atoms with Crippen LogP contribution in [0.25, 0.3) is 0 Å². The van der Waals surface area contributed by atoms with Gasteiger partial charge in [-0.2, -0.15) is 0 Å². The molecule has 0 aromatic carbocycles. The molecule has 1 rings (SSSR count). The van der Waals surface area contributed by atoms with Gasteiger partial charge < -0.3 is 10.1 Å². The molecule has 0 spiro atoms. The van der Waals surface area contributed by atoms with Gasteiger partial charge in [0.15, 0.2) is 0 Å². The summed E-state index contributed by atoms with van der Waals surface area (Å²) in [6.45, 7) is 8.85. The molecule has 1 saturated heterocycles. The third kappa shape index (κ3) is 4.09. The van der Waals surface area contributed by atoms with E-state index < -0.39 is 0 Å². The van der Waals surface area contributed by atoms with Gasteiger partial charge in [-0.3, -0.25) is 4.90 Å². The molecule has 2 unspecified atom stereocenters. The molecule has 3 heteroatoms. The van der Waals surface area contributed by atoms with Gasteiger partial charge in [0.25, 0.3) is 0 Å². The molecule has 90 valence electrons. The summed E-state index contributed by atoms with van der Waals surface area (Å²) in [5.74, 6) is 0. The second kappa shape index (κ2) is 7.20. The van der Waals surface area contributed by atoms with Crippen LogP contribution in [0.15, 0.2) is 0 Å². The Balaban J connectivity index is 2.37. The highest BCUT2D eigenvalue weighted by molar-refractivity contribution is 4.80. The fraction of sp³-hybridized carbons (Fsp3) is 1.00. The fourth-order valence-corrected chi connectivity index (χ4v) is 2.41. The van der Waals surface area contributed by atoms with Crippen molar-refractivity contribution in [1.29, 1.82) is 0 Å². The summed E-state index contributed by atoms with van der Waals surface area (Å²) in [5, 5.41) is 3.56. The lowest BCUT2D eigenvalue weighted by atomic mass is 10.1. The highest BCUT2D eigenvalue weighted by Gasteiger charge is 2.21. The normalized spacial score (nSPS) is 23.6. The molecular weight excluding hydrogens is 188 g/mol. The van der Waals surface area contributed by atoms with Crippen molar-refractivity contribution in [1.82, 2.24) is 10.2 Å². The smallest absolute Gasteiger partial charge is 0.0617 e. The Morgan fingerprint density at radius 1 is 1.47 bits per heavy atom. The van der Waals surface area contributed by atoms with Crippen LogP contribution in [0, 0.1) is 0 Å². The molecule has 0 saturated carbocycles. The summed E-state index contributed by atoms with van der Waals surface area (Å²) in [7, 11) is 1.80. The molecule has 0 bridgehead atoms. The SMILES string of the molecule is CCC(COC)N(CC)CC1CCCN1. The lowest BCUT2D eigenvalue weighted by Gasteiger charge is -2.31. The van der Waals surface area contributed by atoms with Crippen molar-refractivity contribution in [3.63, 3.8) is 0 Å². The van der Waals surface area contributed by atoms with Crippen LogP contribution < -0.4 is 5.32 Å². The zero-order valence-corrected chi connectivity index (χ0v) is 10.5. The summed E-state index contributed by atoms with van der Waals surface area (Å²) < 4.78 is 5.28. The minimum Gasteiger partial charge on any atom is -0.383 e. The lowest BCUT2D eigenvalue weighted by molar-refractivity contribution is 0.0854. The molecular formula is C12H26N2O. The number of ether oxygens (including phenoxy) is 1. The van der Waals surface area contributed by atoms with Crippen molar-refractivity contribution in [3.05, 3.63) is 0 Å². The molecule has 2 atom stereocenters. The maximum Gasteiger partial charge on any atom is 0.0617 e. The predicted octanol–water partition coefficient (Wildman–Crippen LogP) is 1.49. The van der Waals surface area contributed by atoms with E-state index in [1.165, 1.54) is 32.4 Å². The molecule has 1 fully saturated rings. The summed E-state index contributed by atoms with van der Waals surface area (Å²) in [6.07, 6.45) is 3.84.